The molecule has 3 rings (SSSR count). The average molecular weight is 138 g/mol. The van der Waals surface area contributed by atoms with Gasteiger partial charge in [0.15, 0.2) is 0 Å². The Morgan fingerprint density at radius 1 is 1.50 bits per heavy atom. The summed E-state index contributed by atoms with van der Waals surface area (Å²) in [7, 11) is 0. The molecule has 2 saturated heterocycles. The summed E-state index contributed by atoms with van der Waals surface area (Å²) in [6.45, 7) is 1.69. The molecule has 1 unspecified atom stereocenters. The molecule has 0 amide bonds. The third-order valence-corrected chi connectivity index (χ3v) is 2.82. The SMILES string of the molecule is C1=C[C@@]23COCC2C[C@@H]1O3. The second-order valence-electron chi connectivity index (χ2n) is 3.42. The van der Waals surface area contributed by atoms with Crippen molar-refractivity contribution in [1.29, 1.82) is 0 Å². The van der Waals surface area contributed by atoms with Gasteiger partial charge in [-0.05, 0) is 6.42 Å². The predicted molar refractivity (Wildman–Crippen MR) is 35.7 cm³/mol. The Morgan fingerprint density at radius 2 is 2.50 bits per heavy atom. The first kappa shape index (κ1) is 5.33. The second-order valence-corrected chi connectivity index (χ2v) is 3.42. The maximum atomic E-state index is 5.75. The molecule has 0 aromatic rings. The number of fused-ring (bicyclic) bond motifs is 1. The van der Waals surface area contributed by atoms with E-state index >= 15 is 0 Å². The minimum atomic E-state index is 0.0185. The Bertz CT molecular complexity index is 199. The van der Waals surface area contributed by atoms with Crippen LogP contribution in [0.2, 0.25) is 0 Å². The fourth-order valence-electron chi connectivity index (χ4n) is 2.24. The van der Waals surface area contributed by atoms with E-state index in [2.05, 4.69) is 12.2 Å². The van der Waals surface area contributed by atoms with Crippen LogP contribution in [0.5, 0.6) is 0 Å². The standard InChI is InChI=1S/C8H10O2/c1-2-8-5-9-4-6(8)3-7(1)10-8/h1-2,6-7H,3-5H2/t6?,7-,8-/m1/s1. The van der Waals surface area contributed by atoms with E-state index in [9.17, 15) is 0 Å². The smallest absolute Gasteiger partial charge is 0.115 e. The molecule has 2 fully saturated rings. The van der Waals surface area contributed by atoms with Gasteiger partial charge in [0.05, 0.1) is 19.3 Å². The summed E-state index contributed by atoms with van der Waals surface area (Å²) >= 11 is 0. The van der Waals surface area contributed by atoms with Gasteiger partial charge in [-0.1, -0.05) is 12.2 Å². The summed E-state index contributed by atoms with van der Waals surface area (Å²) in [5.41, 5.74) is 0.0185. The van der Waals surface area contributed by atoms with Crippen LogP contribution in [0.3, 0.4) is 0 Å². The highest BCUT2D eigenvalue weighted by molar-refractivity contribution is 5.22. The lowest BCUT2D eigenvalue weighted by atomic mass is 9.86. The van der Waals surface area contributed by atoms with E-state index in [4.69, 9.17) is 9.47 Å². The average Bonchev–Trinajstić information content (AvgIpc) is 2.48. The Balaban J connectivity index is 2.07. The van der Waals surface area contributed by atoms with Crippen LogP contribution in [-0.2, 0) is 9.47 Å². The van der Waals surface area contributed by atoms with Gasteiger partial charge in [-0.25, -0.2) is 0 Å². The molecule has 0 radical (unpaired) electrons. The van der Waals surface area contributed by atoms with Gasteiger partial charge in [0.25, 0.3) is 0 Å². The summed E-state index contributed by atoms with van der Waals surface area (Å²) < 4.78 is 11.1. The zero-order valence-electron chi connectivity index (χ0n) is 5.75. The molecule has 3 atom stereocenters. The largest absolute Gasteiger partial charge is 0.378 e. The zero-order chi connectivity index (χ0) is 6.60. The highest BCUT2D eigenvalue weighted by Crippen LogP contribution is 2.46. The highest BCUT2D eigenvalue weighted by Gasteiger charge is 2.53. The molecule has 0 aromatic heterocycles. The molecule has 0 saturated carbocycles. The lowest BCUT2D eigenvalue weighted by Gasteiger charge is -2.18. The van der Waals surface area contributed by atoms with Crippen LogP contribution in [-0.4, -0.2) is 24.9 Å². The van der Waals surface area contributed by atoms with Gasteiger partial charge in [0.2, 0.25) is 0 Å². The van der Waals surface area contributed by atoms with Crippen LogP contribution in [0.25, 0.3) is 0 Å². The van der Waals surface area contributed by atoms with Crippen LogP contribution < -0.4 is 0 Å². The van der Waals surface area contributed by atoms with Crippen molar-refractivity contribution >= 4 is 0 Å². The normalized spacial score (nSPS) is 56.0. The van der Waals surface area contributed by atoms with Gasteiger partial charge in [0.1, 0.15) is 5.60 Å². The van der Waals surface area contributed by atoms with Gasteiger partial charge in [0, 0.05) is 5.92 Å². The van der Waals surface area contributed by atoms with Crippen LogP contribution in [0, 0.1) is 5.92 Å². The van der Waals surface area contributed by atoms with E-state index in [1.54, 1.807) is 0 Å². The van der Waals surface area contributed by atoms with E-state index in [1.807, 2.05) is 0 Å². The predicted octanol–water partition coefficient (Wildman–Crippen LogP) is 0.730. The van der Waals surface area contributed by atoms with Crippen molar-refractivity contribution in [3.63, 3.8) is 0 Å². The van der Waals surface area contributed by atoms with E-state index in [0.717, 1.165) is 13.2 Å². The third-order valence-electron chi connectivity index (χ3n) is 2.82. The summed E-state index contributed by atoms with van der Waals surface area (Å²) in [6.07, 6.45) is 5.95. The second kappa shape index (κ2) is 1.46. The molecule has 1 spiro atoms. The summed E-state index contributed by atoms with van der Waals surface area (Å²) in [4.78, 5) is 0. The third kappa shape index (κ3) is 0.444. The van der Waals surface area contributed by atoms with Crippen molar-refractivity contribution in [3.8, 4) is 0 Å². The molecule has 2 heteroatoms. The summed E-state index contributed by atoms with van der Waals surface area (Å²) in [5.74, 6) is 0.655. The van der Waals surface area contributed by atoms with Crippen molar-refractivity contribution in [1.82, 2.24) is 0 Å². The fraction of sp³-hybridized carbons (Fsp3) is 0.750. The van der Waals surface area contributed by atoms with Crippen molar-refractivity contribution in [2.24, 2.45) is 5.92 Å². The van der Waals surface area contributed by atoms with E-state index < -0.39 is 0 Å². The Morgan fingerprint density at radius 3 is 3.30 bits per heavy atom. The molecule has 3 aliphatic heterocycles. The van der Waals surface area contributed by atoms with E-state index in [0.29, 0.717) is 12.0 Å². The molecule has 2 bridgehead atoms. The Kier molecular flexibility index (Phi) is 0.778. The van der Waals surface area contributed by atoms with Gasteiger partial charge in [-0.3, -0.25) is 0 Å². The molecule has 0 N–H and O–H groups in total. The van der Waals surface area contributed by atoms with Crippen molar-refractivity contribution in [2.45, 2.75) is 18.1 Å². The van der Waals surface area contributed by atoms with Crippen LogP contribution >= 0.6 is 0 Å². The molecule has 3 heterocycles. The number of ether oxygens (including phenoxy) is 2. The maximum Gasteiger partial charge on any atom is 0.115 e. The summed E-state index contributed by atoms with van der Waals surface area (Å²) in [5, 5.41) is 0. The Hall–Kier alpha value is -0.340. The van der Waals surface area contributed by atoms with Gasteiger partial charge in [-0.2, -0.15) is 0 Å². The quantitative estimate of drug-likeness (QED) is 0.459. The van der Waals surface area contributed by atoms with Crippen LogP contribution in [0.1, 0.15) is 6.42 Å². The maximum absolute atomic E-state index is 5.75. The first-order chi connectivity index (χ1) is 4.89. The minimum Gasteiger partial charge on any atom is -0.378 e. The molecule has 54 valence electrons. The van der Waals surface area contributed by atoms with Gasteiger partial charge >= 0.3 is 0 Å². The molecule has 10 heavy (non-hydrogen) atoms. The number of hydrogen-bond donors (Lipinski definition) is 0. The van der Waals surface area contributed by atoms with Crippen molar-refractivity contribution < 1.29 is 9.47 Å². The van der Waals surface area contributed by atoms with Gasteiger partial charge < -0.3 is 9.47 Å². The first-order valence-electron chi connectivity index (χ1n) is 3.84. The molecule has 0 aliphatic carbocycles. The molecule has 3 aliphatic rings. The zero-order valence-corrected chi connectivity index (χ0v) is 5.75. The molecular weight excluding hydrogens is 128 g/mol. The highest BCUT2D eigenvalue weighted by atomic mass is 16.6. The lowest BCUT2D eigenvalue weighted by Crippen LogP contribution is -2.30. The Labute approximate surface area is 59.8 Å². The number of hydrogen-bond acceptors (Lipinski definition) is 2. The fourth-order valence-corrected chi connectivity index (χ4v) is 2.24. The van der Waals surface area contributed by atoms with E-state index in [1.165, 1.54) is 6.42 Å². The minimum absolute atomic E-state index is 0.0185. The lowest BCUT2D eigenvalue weighted by molar-refractivity contribution is 0.00567. The van der Waals surface area contributed by atoms with Crippen molar-refractivity contribution in [3.05, 3.63) is 12.2 Å². The number of rotatable bonds is 0. The topological polar surface area (TPSA) is 18.5 Å². The van der Waals surface area contributed by atoms with Crippen LogP contribution in [0.15, 0.2) is 12.2 Å². The van der Waals surface area contributed by atoms with Gasteiger partial charge in [-0.15, -0.1) is 0 Å². The first-order valence-corrected chi connectivity index (χ1v) is 3.84. The molecule has 2 nitrogen and oxygen atoms in total. The summed E-state index contributed by atoms with van der Waals surface area (Å²) in [6, 6.07) is 0. The monoisotopic (exact) mass is 138 g/mol. The van der Waals surface area contributed by atoms with Crippen molar-refractivity contribution in [2.75, 3.05) is 13.2 Å². The molecule has 0 aromatic carbocycles. The van der Waals surface area contributed by atoms with E-state index in [-0.39, 0.29) is 5.60 Å². The van der Waals surface area contributed by atoms with Crippen LogP contribution in [0.4, 0.5) is 0 Å². The molecular formula is C8H10O2.